The lowest BCUT2D eigenvalue weighted by Crippen LogP contribution is -2.14. The first kappa shape index (κ1) is 11.2. The number of benzene rings is 1. The molecule has 3 N–H and O–H groups in total. The molecule has 2 rings (SSSR count). The van der Waals surface area contributed by atoms with Crippen molar-refractivity contribution in [3.8, 4) is 0 Å². The topological polar surface area (TPSA) is 81.2 Å². The smallest absolute Gasteiger partial charge is 0.257 e. The normalized spacial score (nSPS) is 10.2. The van der Waals surface area contributed by atoms with Crippen LogP contribution in [0.3, 0.4) is 0 Å². The number of rotatable bonds is 2. The Morgan fingerprint density at radius 2 is 2.18 bits per heavy atom. The summed E-state index contributed by atoms with van der Waals surface area (Å²) in [6.45, 7) is 3.56. The molecule has 0 atom stereocenters. The highest BCUT2D eigenvalue weighted by Crippen LogP contribution is 2.17. The Hall–Kier alpha value is -2.30. The minimum absolute atomic E-state index is 0.247. The van der Waals surface area contributed by atoms with Crippen LogP contribution in [0.15, 0.2) is 28.8 Å². The average molecular weight is 231 g/mol. The van der Waals surface area contributed by atoms with Crippen molar-refractivity contribution in [1.82, 2.24) is 5.16 Å². The Balaban J connectivity index is 2.23. The SMILES string of the molecule is Cc1cc(NC(=O)c2cccc(N)c2C)no1. The minimum atomic E-state index is -0.247. The summed E-state index contributed by atoms with van der Waals surface area (Å²) in [5.41, 5.74) is 7.62. The van der Waals surface area contributed by atoms with Crippen LogP contribution >= 0.6 is 0 Å². The first-order valence-electron chi connectivity index (χ1n) is 5.17. The van der Waals surface area contributed by atoms with Crippen molar-refractivity contribution in [3.63, 3.8) is 0 Å². The average Bonchev–Trinajstić information content (AvgIpc) is 2.68. The van der Waals surface area contributed by atoms with E-state index in [1.807, 2.05) is 0 Å². The van der Waals surface area contributed by atoms with Gasteiger partial charge in [0.2, 0.25) is 0 Å². The molecule has 0 aliphatic rings. The Bertz CT molecular complexity index is 561. The number of aromatic nitrogens is 1. The Kier molecular flexibility index (Phi) is 2.82. The van der Waals surface area contributed by atoms with Crippen molar-refractivity contribution in [2.24, 2.45) is 0 Å². The maximum atomic E-state index is 11.9. The van der Waals surface area contributed by atoms with E-state index in [-0.39, 0.29) is 5.91 Å². The molecule has 88 valence electrons. The molecular weight excluding hydrogens is 218 g/mol. The first-order chi connectivity index (χ1) is 8.08. The molecule has 1 aromatic carbocycles. The van der Waals surface area contributed by atoms with Crippen LogP contribution in [0.1, 0.15) is 21.7 Å². The zero-order valence-corrected chi connectivity index (χ0v) is 9.65. The second kappa shape index (κ2) is 4.29. The first-order valence-corrected chi connectivity index (χ1v) is 5.17. The van der Waals surface area contributed by atoms with E-state index in [1.165, 1.54) is 0 Å². The number of nitrogens with two attached hydrogens (primary N) is 1. The Labute approximate surface area is 98.6 Å². The van der Waals surface area contributed by atoms with Crippen LogP contribution in [0.4, 0.5) is 11.5 Å². The van der Waals surface area contributed by atoms with E-state index in [0.717, 1.165) is 5.56 Å². The molecule has 0 aliphatic heterocycles. The van der Waals surface area contributed by atoms with Gasteiger partial charge in [-0.15, -0.1) is 0 Å². The molecule has 0 saturated heterocycles. The van der Waals surface area contributed by atoms with Crippen molar-refractivity contribution < 1.29 is 9.32 Å². The highest BCUT2D eigenvalue weighted by Gasteiger charge is 2.12. The molecule has 0 bridgehead atoms. The standard InChI is InChI=1S/C12H13N3O2/c1-7-6-11(15-17-7)14-12(16)9-4-3-5-10(13)8(9)2/h3-6H,13H2,1-2H3,(H,14,15,16). The fraction of sp³-hybridized carbons (Fsp3) is 0.167. The molecule has 0 radical (unpaired) electrons. The molecule has 0 fully saturated rings. The predicted molar refractivity (Wildman–Crippen MR) is 64.8 cm³/mol. The zero-order chi connectivity index (χ0) is 12.4. The summed E-state index contributed by atoms with van der Waals surface area (Å²) in [5.74, 6) is 0.794. The van der Waals surface area contributed by atoms with Gasteiger partial charge < -0.3 is 15.6 Å². The third-order valence-electron chi connectivity index (χ3n) is 2.49. The molecule has 0 saturated carbocycles. The number of hydrogen-bond acceptors (Lipinski definition) is 4. The number of anilines is 2. The van der Waals surface area contributed by atoms with Crippen molar-refractivity contribution in [2.45, 2.75) is 13.8 Å². The summed E-state index contributed by atoms with van der Waals surface area (Å²) in [5, 5.41) is 6.34. The second-order valence-electron chi connectivity index (χ2n) is 3.80. The quantitative estimate of drug-likeness (QED) is 0.776. The molecular formula is C12H13N3O2. The van der Waals surface area contributed by atoms with E-state index in [0.29, 0.717) is 22.8 Å². The van der Waals surface area contributed by atoms with Crippen molar-refractivity contribution in [2.75, 3.05) is 11.1 Å². The van der Waals surface area contributed by atoms with Gasteiger partial charge >= 0.3 is 0 Å². The van der Waals surface area contributed by atoms with Crippen LogP contribution in [0.25, 0.3) is 0 Å². The molecule has 1 amide bonds. The third kappa shape index (κ3) is 2.28. The summed E-state index contributed by atoms with van der Waals surface area (Å²) in [4.78, 5) is 11.9. The highest BCUT2D eigenvalue weighted by atomic mass is 16.5. The van der Waals surface area contributed by atoms with Crippen LogP contribution in [-0.2, 0) is 0 Å². The number of hydrogen-bond donors (Lipinski definition) is 2. The Morgan fingerprint density at radius 3 is 2.82 bits per heavy atom. The maximum Gasteiger partial charge on any atom is 0.257 e. The summed E-state index contributed by atoms with van der Waals surface area (Å²) in [6, 6.07) is 6.87. The van der Waals surface area contributed by atoms with Gasteiger partial charge in [0.1, 0.15) is 5.76 Å². The molecule has 0 unspecified atom stereocenters. The molecule has 5 heteroatoms. The number of nitrogen functional groups attached to an aromatic ring is 1. The molecule has 2 aromatic rings. The van der Waals surface area contributed by atoms with E-state index < -0.39 is 0 Å². The largest absolute Gasteiger partial charge is 0.398 e. The van der Waals surface area contributed by atoms with Crippen LogP contribution in [0.2, 0.25) is 0 Å². The van der Waals surface area contributed by atoms with Crippen molar-refractivity contribution in [3.05, 3.63) is 41.2 Å². The third-order valence-corrected chi connectivity index (χ3v) is 2.49. The van der Waals surface area contributed by atoms with E-state index in [1.54, 1.807) is 38.1 Å². The van der Waals surface area contributed by atoms with Crippen LogP contribution in [0.5, 0.6) is 0 Å². The van der Waals surface area contributed by atoms with Gasteiger partial charge in [-0.05, 0) is 31.5 Å². The molecule has 0 aliphatic carbocycles. The molecule has 5 nitrogen and oxygen atoms in total. The summed E-state index contributed by atoms with van der Waals surface area (Å²) in [7, 11) is 0. The summed E-state index contributed by atoms with van der Waals surface area (Å²) in [6.07, 6.45) is 0. The van der Waals surface area contributed by atoms with E-state index >= 15 is 0 Å². The second-order valence-corrected chi connectivity index (χ2v) is 3.80. The van der Waals surface area contributed by atoms with Crippen molar-refractivity contribution in [1.29, 1.82) is 0 Å². The van der Waals surface area contributed by atoms with Gasteiger partial charge in [-0.3, -0.25) is 4.79 Å². The maximum absolute atomic E-state index is 11.9. The van der Waals surface area contributed by atoms with Crippen molar-refractivity contribution >= 4 is 17.4 Å². The van der Waals surface area contributed by atoms with Gasteiger partial charge in [-0.2, -0.15) is 0 Å². The number of aryl methyl sites for hydroxylation is 1. The monoisotopic (exact) mass is 231 g/mol. The van der Waals surface area contributed by atoms with Gasteiger partial charge in [0.15, 0.2) is 5.82 Å². The van der Waals surface area contributed by atoms with Crippen LogP contribution in [-0.4, -0.2) is 11.1 Å². The predicted octanol–water partition coefficient (Wildman–Crippen LogP) is 2.13. The summed E-state index contributed by atoms with van der Waals surface area (Å²) >= 11 is 0. The van der Waals surface area contributed by atoms with Gasteiger partial charge in [-0.25, -0.2) is 0 Å². The van der Waals surface area contributed by atoms with Gasteiger partial charge in [-0.1, -0.05) is 11.2 Å². The molecule has 1 aromatic heterocycles. The number of nitrogens with one attached hydrogen (secondary N) is 1. The highest BCUT2D eigenvalue weighted by molar-refractivity contribution is 6.05. The van der Waals surface area contributed by atoms with Gasteiger partial charge in [0.25, 0.3) is 5.91 Å². The minimum Gasteiger partial charge on any atom is -0.398 e. The zero-order valence-electron chi connectivity index (χ0n) is 9.65. The molecule has 1 heterocycles. The van der Waals surface area contributed by atoms with Crippen LogP contribution in [0, 0.1) is 13.8 Å². The lowest BCUT2D eigenvalue weighted by atomic mass is 10.1. The lowest BCUT2D eigenvalue weighted by Gasteiger charge is -2.07. The fourth-order valence-corrected chi connectivity index (χ4v) is 1.51. The number of carbonyl (C=O) groups is 1. The van der Waals surface area contributed by atoms with E-state index in [9.17, 15) is 4.79 Å². The fourth-order valence-electron chi connectivity index (χ4n) is 1.51. The summed E-state index contributed by atoms with van der Waals surface area (Å²) < 4.78 is 4.87. The van der Waals surface area contributed by atoms with E-state index in [2.05, 4.69) is 10.5 Å². The Morgan fingerprint density at radius 1 is 1.41 bits per heavy atom. The van der Waals surface area contributed by atoms with E-state index in [4.69, 9.17) is 10.3 Å². The number of nitrogens with zero attached hydrogens (tertiary/aromatic N) is 1. The number of amides is 1. The molecule has 0 spiro atoms. The number of carbonyl (C=O) groups excluding carboxylic acids is 1. The lowest BCUT2D eigenvalue weighted by molar-refractivity contribution is 0.102. The van der Waals surface area contributed by atoms with Crippen LogP contribution < -0.4 is 11.1 Å². The molecule has 17 heavy (non-hydrogen) atoms. The van der Waals surface area contributed by atoms with Gasteiger partial charge in [0.05, 0.1) is 0 Å². The van der Waals surface area contributed by atoms with Gasteiger partial charge in [0, 0.05) is 17.3 Å².